The van der Waals surface area contributed by atoms with Crippen molar-refractivity contribution in [2.24, 2.45) is 0 Å². The van der Waals surface area contributed by atoms with Crippen LogP contribution in [0.25, 0.3) is 10.9 Å². The number of aromatic amines is 1. The van der Waals surface area contributed by atoms with E-state index in [1.807, 2.05) is 21.1 Å². The predicted molar refractivity (Wildman–Crippen MR) is 91.2 cm³/mol. The van der Waals surface area contributed by atoms with E-state index in [1.165, 1.54) is 22.0 Å². The Morgan fingerprint density at radius 3 is 2.64 bits per heavy atom. The van der Waals surface area contributed by atoms with Crippen molar-refractivity contribution in [3.63, 3.8) is 0 Å². The molecule has 0 spiro atoms. The summed E-state index contributed by atoms with van der Waals surface area (Å²) in [5, 5.41) is 7.20. The molecule has 5 heteroatoms. The van der Waals surface area contributed by atoms with Gasteiger partial charge in [0.25, 0.3) is 6.47 Å². The summed E-state index contributed by atoms with van der Waals surface area (Å²) < 4.78 is 4.83. The normalized spacial score (nSPS) is 11.6. The first-order chi connectivity index (χ1) is 10.7. The Labute approximate surface area is 132 Å². The molecule has 1 aromatic heterocycles. The Balaban J connectivity index is 0.000000745. The summed E-state index contributed by atoms with van der Waals surface area (Å²) in [6.45, 7) is 3.05. The molecule has 0 amide bonds. The van der Waals surface area contributed by atoms with E-state index in [1.54, 1.807) is 0 Å². The highest BCUT2D eigenvalue weighted by atomic mass is 16.5. The number of H-pyrrole nitrogens is 1. The molecule has 0 radical (unpaired) electrons. The van der Waals surface area contributed by atoms with Gasteiger partial charge in [0, 0.05) is 23.1 Å². The number of ether oxygens (including phenoxy) is 1. The van der Waals surface area contributed by atoms with Crippen LogP contribution in [0.5, 0.6) is 0 Å². The topological polar surface area (TPSA) is 66.2 Å². The smallest absolute Gasteiger partial charge is 0.293 e. The molecule has 1 heterocycles. The molecule has 1 unspecified atom stereocenters. The van der Waals surface area contributed by atoms with Crippen molar-refractivity contribution in [2.75, 3.05) is 27.7 Å². The Morgan fingerprint density at radius 2 is 2.05 bits per heavy atom. The van der Waals surface area contributed by atoms with Crippen molar-refractivity contribution in [2.45, 2.75) is 25.8 Å². The van der Waals surface area contributed by atoms with Crippen LogP contribution in [-0.2, 0) is 22.4 Å². The fourth-order valence-electron chi connectivity index (χ4n) is 2.33. The summed E-state index contributed by atoms with van der Waals surface area (Å²) in [7, 11) is 5.63. The first kappa shape index (κ1) is 18.2. The lowest BCUT2D eigenvalue weighted by atomic mass is 10.0. The minimum atomic E-state index is 0.145. The zero-order chi connectivity index (χ0) is 16.4. The van der Waals surface area contributed by atoms with Gasteiger partial charge < -0.3 is 20.4 Å². The van der Waals surface area contributed by atoms with Gasteiger partial charge in [-0.15, -0.1) is 0 Å². The maximum atomic E-state index is 10.2. The molecular weight excluding hydrogens is 278 g/mol. The number of carbonyl (C=O) groups excluding carboxylic acids is 1. The highest BCUT2D eigenvalue weighted by Crippen LogP contribution is 2.21. The molecule has 2 rings (SSSR count). The van der Waals surface area contributed by atoms with Crippen molar-refractivity contribution in [3.05, 3.63) is 35.5 Å². The highest BCUT2D eigenvalue weighted by Gasteiger charge is 2.09. The molecule has 0 saturated carbocycles. The van der Waals surface area contributed by atoms with Gasteiger partial charge in [-0.2, -0.15) is 0 Å². The predicted octanol–water partition coefficient (Wildman–Crippen LogP) is 1.87. The number of benzene rings is 1. The van der Waals surface area contributed by atoms with Gasteiger partial charge in [-0.1, -0.05) is 13.0 Å². The van der Waals surface area contributed by atoms with Gasteiger partial charge in [-0.05, 0) is 57.2 Å². The molecule has 0 bridgehead atoms. The quantitative estimate of drug-likeness (QED) is 0.683. The molecule has 1 atom stereocenters. The standard InChI is InChI=1S/C15H20N2O2.C2H7N/c1-3-12-8-17-15-5-4-11(7-14(12)15)6-13(16-2)9-19-10-18;1-3-2/h4-5,7-8,10,13,16-17H,3,6,9H2,1-2H3;3H,1-2H3. The number of nitrogens with one attached hydrogen (secondary N) is 3. The van der Waals surface area contributed by atoms with Gasteiger partial charge in [-0.3, -0.25) is 4.79 Å². The van der Waals surface area contributed by atoms with E-state index in [0.29, 0.717) is 13.1 Å². The van der Waals surface area contributed by atoms with Crippen molar-refractivity contribution < 1.29 is 9.53 Å². The van der Waals surface area contributed by atoms with E-state index in [2.05, 4.69) is 46.9 Å². The Bertz CT molecular complexity index is 566. The maximum Gasteiger partial charge on any atom is 0.293 e. The van der Waals surface area contributed by atoms with E-state index in [9.17, 15) is 4.79 Å². The molecule has 0 aliphatic rings. The molecule has 1 aromatic carbocycles. The van der Waals surface area contributed by atoms with Crippen molar-refractivity contribution >= 4 is 17.4 Å². The number of aromatic nitrogens is 1. The first-order valence-electron chi connectivity index (χ1n) is 7.59. The van der Waals surface area contributed by atoms with Crippen LogP contribution in [0.15, 0.2) is 24.4 Å². The molecule has 5 nitrogen and oxygen atoms in total. The Morgan fingerprint density at radius 1 is 1.32 bits per heavy atom. The monoisotopic (exact) mass is 305 g/mol. The third-order valence-corrected chi connectivity index (χ3v) is 3.47. The second-order valence-electron chi connectivity index (χ2n) is 5.17. The first-order valence-corrected chi connectivity index (χ1v) is 7.59. The lowest BCUT2D eigenvalue weighted by Crippen LogP contribution is -2.32. The molecule has 122 valence electrons. The molecule has 2 aromatic rings. The minimum absolute atomic E-state index is 0.145. The number of hydrogen-bond acceptors (Lipinski definition) is 4. The van der Waals surface area contributed by atoms with Crippen LogP contribution in [0, 0.1) is 0 Å². The fourth-order valence-corrected chi connectivity index (χ4v) is 2.33. The van der Waals surface area contributed by atoms with Crippen LogP contribution in [0.4, 0.5) is 0 Å². The van der Waals surface area contributed by atoms with Crippen LogP contribution >= 0.6 is 0 Å². The molecule has 0 saturated heterocycles. The molecule has 0 aliphatic carbocycles. The second kappa shape index (κ2) is 9.97. The fraction of sp³-hybridized carbons (Fsp3) is 0.471. The maximum absolute atomic E-state index is 10.2. The Hall–Kier alpha value is -1.85. The van der Waals surface area contributed by atoms with Gasteiger partial charge >= 0.3 is 0 Å². The van der Waals surface area contributed by atoms with Gasteiger partial charge in [0.1, 0.15) is 6.61 Å². The van der Waals surface area contributed by atoms with E-state index < -0.39 is 0 Å². The average Bonchev–Trinajstić information content (AvgIpc) is 2.94. The van der Waals surface area contributed by atoms with Gasteiger partial charge in [0.2, 0.25) is 0 Å². The zero-order valence-electron chi connectivity index (χ0n) is 13.9. The average molecular weight is 305 g/mol. The molecule has 0 fully saturated rings. The SMILES string of the molecule is CCc1c[nH]c2ccc(CC(COC=O)NC)cc12.CNC. The lowest BCUT2D eigenvalue weighted by Gasteiger charge is -2.15. The van der Waals surface area contributed by atoms with Gasteiger partial charge in [0.05, 0.1) is 0 Å². The van der Waals surface area contributed by atoms with Crippen molar-refractivity contribution in [1.82, 2.24) is 15.6 Å². The summed E-state index contributed by atoms with van der Waals surface area (Å²) in [6.07, 6.45) is 3.93. The van der Waals surface area contributed by atoms with Crippen LogP contribution in [0.3, 0.4) is 0 Å². The summed E-state index contributed by atoms with van der Waals surface area (Å²) in [5.74, 6) is 0. The number of rotatable bonds is 7. The molecule has 0 aliphatic heterocycles. The zero-order valence-corrected chi connectivity index (χ0v) is 13.9. The number of likely N-dealkylation sites (N-methyl/N-ethyl adjacent to an activating group) is 1. The number of carbonyl (C=O) groups is 1. The summed E-state index contributed by atoms with van der Waals surface area (Å²) in [6, 6.07) is 6.59. The lowest BCUT2D eigenvalue weighted by molar-refractivity contribution is -0.129. The summed E-state index contributed by atoms with van der Waals surface area (Å²) in [5.41, 5.74) is 3.75. The van der Waals surface area contributed by atoms with Gasteiger partial charge in [0.15, 0.2) is 0 Å². The van der Waals surface area contributed by atoms with Crippen molar-refractivity contribution in [1.29, 1.82) is 0 Å². The van der Waals surface area contributed by atoms with Crippen LogP contribution in [-0.4, -0.2) is 45.2 Å². The highest BCUT2D eigenvalue weighted by molar-refractivity contribution is 5.83. The molecule has 3 N–H and O–H groups in total. The minimum Gasteiger partial charge on any atom is -0.466 e. The van der Waals surface area contributed by atoms with Crippen LogP contribution < -0.4 is 10.6 Å². The number of aryl methyl sites for hydroxylation is 1. The third kappa shape index (κ3) is 5.16. The van der Waals surface area contributed by atoms with E-state index >= 15 is 0 Å². The largest absolute Gasteiger partial charge is 0.466 e. The van der Waals surface area contributed by atoms with E-state index in [0.717, 1.165) is 12.8 Å². The molecular formula is C17H27N3O2. The Kier molecular flexibility index (Phi) is 8.25. The number of hydrogen-bond donors (Lipinski definition) is 3. The van der Waals surface area contributed by atoms with Crippen LogP contribution in [0.2, 0.25) is 0 Å². The number of fused-ring (bicyclic) bond motifs is 1. The van der Waals surface area contributed by atoms with Crippen molar-refractivity contribution in [3.8, 4) is 0 Å². The van der Waals surface area contributed by atoms with Gasteiger partial charge in [-0.25, -0.2) is 0 Å². The summed E-state index contributed by atoms with van der Waals surface area (Å²) in [4.78, 5) is 13.5. The molecule has 22 heavy (non-hydrogen) atoms. The second-order valence-corrected chi connectivity index (χ2v) is 5.17. The third-order valence-electron chi connectivity index (χ3n) is 3.47. The van der Waals surface area contributed by atoms with E-state index in [4.69, 9.17) is 4.74 Å². The van der Waals surface area contributed by atoms with Crippen LogP contribution in [0.1, 0.15) is 18.1 Å². The summed E-state index contributed by atoms with van der Waals surface area (Å²) >= 11 is 0. The van der Waals surface area contributed by atoms with E-state index in [-0.39, 0.29) is 6.04 Å².